The van der Waals surface area contributed by atoms with E-state index in [2.05, 4.69) is 20.4 Å². The number of rotatable bonds is 4. The van der Waals surface area contributed by atoms with Crippen LogP contribution in [0, 0.1) is 10.8 Å². The molecule has 1 saturated carbocycles. The molecule has 17 heavy (non-hydrogen) atoms. The Morgan fingerprint density at radius 3 is 2.35 bits per heavy atom. The molecule has 1 fully saturated rings. The molecule has 0 radical (unpaired) electrons. The van der Waals surface area contributed by atoms with Gasteiger partial charge in [0.15, 0.2) is 0 Å². The molecular formula is C15H24O2. The third-order valence-electron chi connectivity index (χ3n) is 3.73. The van der Waals surface area contributed by atoms with Gasteiger partial charge in [0, 0.05) is 0 Å². The fourth-order valence-electron chi connectivity index (χ4n) is 2.34. The number of hydrogen-bond donors (Lipinski definition) is 0. The molecule has 2 heteroatoms. The third-order valence-corrected chi connectivity index (χ3v) is 3.73. The fraction of sp³-hybridized carbons (Fsp3) is 0.667. The van der Waals surface area contributed by atoms with Crippen molar-refractivity contribution in [3.8, 4) is 0 Å². The van der Waals surface area contributed by atoms with Crippen molar-refractivity contribution < 1.29 is 9.53 Å². The van der Waals surface area contributed by atoms with Gasteiger partial charge in [-0.05, 0) is 38.0 Å². The van der Waals surface area contributed by atoms with Crippen LogP contribution in [0.1, 0.15) is 46.5 Å². The number of allylic oxidation sites excluding steroid dienone is 2. The van der Waals surface area contributed by atoms with Crippen LogP contribution in [0.15, 0.2) is 24.8 Å². The molecule has 0 aromatic rings. The first-order chi connectivity index (χ1) is 7.96. The summed E-state index contributed by atoms with van der Waals surface area (Å²) >= 11 is 0. The molecule has 0 heterocycles. The van der Waals surface area contributed by atoms with Gasteiger partial charge in [-0.25, -0.2) is 0 Å². The second-order valence-corrected chi connectivity index (χ2v) is 5.64. The minimum Gasteiger partial charge on any atom is -0.465 e. The molecule has 0 saturated heterocycles. The van der Waals surface area contributed by atoms with E-state index in [-0.39, 0.29) is 5.97 Å². The maximum atomic E-state index is 12.1. The molecule has 0 N–H and O–H groups in total. The highest BCUT2D eigenvalue weighted by molar-refractivity contribution is 5.79. The first-order valence-corrected chi connectivity index (χ1v) is 6.43. The first kappa shape index (κ1) is 14.0. The molecule has 0 atom stereocenters. The highest BCUT2D eigenvalue weighted by Crippen LogP contribution is 2.46. The van der Waals surface area contributed by atoms with Gasteiger partial charge in [0.2, 0.25) is 0 Å². The highest BCUT2D eigenvalue weighted by atomic mass is 16.5. The van der Waals surface area contributed by atoms with Crippen LogP contribution in [0.3, 0.4) is 0 Å². The average Bonchev–Trinajstić information content (AvgIpc) is 2.29. The zero-order valence-electron chi connectivity index (χ0n) is 11.3. The molecule has 0 unspecified atom stereocenters. The lowest BCUT2D eigenvalue weighted by Gasteiger charge is -2.40. The third kappa shape index (κ3) is 3.45. The minimum absolute atomic E-state index is 0.0754. The SMILES string of the molecule is C=C/C=C/C1(C(=O)OCC)CCC(C)(C)CC1. The Kier molecular flexibility index (Phi) is 4.55. The van der Waals surface area contributed by atoms with E-state index in [1.54, 1.807) is 6.08 Å². The van der Waals surface area contributed by atoms with Gasteiger partial charge < -0.3 is 4.74 Å². The van der Waals surface area contributed by atoms with Gasteiger partial charge >= 0.3 is 5.97 Å². The Hall–Kier alpha value is -1.05. The Balaban J connectivity index is 2.85. The van der Waals surface area contributed by atoms with Crippen molar-refractivity contribution in [1.29, 1.82) is 0 Å². The standard InChI is InChI=1S/C15H24O2/c1-5-7-8-15(13(16)17-6-2)11-9-14(3,4)10-12-15/h5,7-8H,1,6,9-12H2,2-4H3/b8-7+. The van der Waals surface area contributed by atoms with Crippen molar-refractivity contribution in [2.45, 2.75) is 46.5 Å². The summed E-state index contributed by atoms with van der Waals surface area (Å²) in [7, 11) is 0. The van der Waals surface area contributed by atoms with E-state index < -0.39 is 5.41 Å². The summed E-state index contributed by atoms with van der Waals surface area (Å²) in [6, 6.07) is 0. The second kappa shape index (κ2) is 5.52. The second-order valence-electron chi connectivity index (χ2n) is 5.64. The molecule has 1 aliphatic rings. The van der Waals surface area contributed by atoms with Gasteiger partial charge in [0.25, 0.3) is 0 Å². The monoisotopic (exact) mass is 236 g/mol. The fourth-order valence-corrected chi connectivity index (χ4v) is 2.34. The zero-order chi connectivity index (χ0) is 12.9. The van der Waals surface area contributed by atoms with Crippen LogP contribution in [0.25, 0.3) is 0 Å². The maximum Gasteiger partial charge on any atom is 0.315 e. The normalized spacial score (nSPS) is 22.3. The molecule has 0 aromatic heterocycles. The van der Waals surface area contributed by atoms with Crippen molar-refractivity contribution in [3.63, 3.8) is 0 Å². The largest absolute Gasteiger partial charge is 0.465 e. The van der Waals surface area contributed by atoms with E-state index >= 15 is 0 Å². The molecule has 0 aliphatic heterocycles. The average molecular weight is 236 g/mol. The Morgan fingerprint density at radius 2 is 1.88 bits per heavy atom. The van der Waals surface area contributed by atoms with Gasteiger partial charge in [-0.3, -0.25) is 4.79 Å². The van der Waals surface area contributed by atoms with Crippen LogP contribution < -0.4 is 0 Å². The Morgan fingerprint density at radius 1 is 1.29 bits per heavy atom. The summed E-state index contributed by atoms with van der Waals surface area (Å²) in [5.41, 5.74) is -0.0717. The highest BCUT2D eigenvalue weighted by Gasteiger charge is 2.42. The molecule has 2 nitrogen and oxygen atoms in total. The molecule has 0 amide bonds. The summed E-state index contributed by atoms with van der Waals surface area (Å²) in [5, 5.41) is 0. The summed E-state index contributed by atoms with van der Waals surface area (Å²) in [6.45, 7) is 10.5. The molecule has 96 valence electrons. The van der Waals surface area contributed by atoms with Gasteiger partial charge in [0.1, 0.15) is 0 Å². The summed E-state index contributed by atoms with van der Waals surface area (Å²) in [4.78, 5) is 12.1. The van der Waals surface area contributed by atoms with E-state index in [1.165, 1.54) is 0 Å². The molecule has 0 spiro atoms. The van der Waals surface area contributed by atoms with Crippen LogP contribution in [-0.2, 0) is 9.53 Å². The topological polar surface area (TPSA) is 26.3 Å². The maximum absolute atomic E-state index is 12.1. The van der Waals surface area contributed by atoms with Crippen molar-refractivity contribution >= 4 is 5.97 Å². The lowest BCUT2D eigenvalue weighted by atomic mass is 9.65. The van der Waals surface area contributed by atoms with E-state index in [1.807, 2.05) is 19.1 Å². The number of ether oxygens (including phenoxy) is 1. The molecular weight excluding hydrogens is 212 g/mol. The van der Waals surface area contributed by atoms with Crippen molar-refractivity contribution in [2.24, 2.45) is 10.8 Å². The van der Waals surface area contributed by atoms with Gasteiger partial charge in [0.05, 0.1) is 12.0 Å². The predicted molar refractivity (Wildman–Crippen MR) is 70.7 cm³/mol. The van der Waals surface area contributed by atoms with Crippen LogP contribution in [0.5, 0.6) is 0 Å². The van der Waals surface area contributed by atoms with Gasteiger partial charge in [-0.15, -0.1) is 0 Å². The number of carbonyl (C=O) groups is 1. The molecule has 0 bridgehead atoms. The minimum atomic E-state index is -0.417. The Bertz CT molecular complexity index is 303. The van der Waals surface area contributed by atoms with Crippen LogP contribution in [0.4, 0.5) is 0 Å². The van der Waals surface area contributed by atoms with E-state index in [0.29, 0.717) is 12.0 Å². The van der Waals surface area contributed by atoms with E-state index in [4.69, 9.17) is 4.74 Å². The molecule has 1 aliphatic carbocycles. The zero-order valence-corrected chi connectivity index (χ0v) is 11.3. The van der Waals surface area contributed by atoms with Gasteiger partial charge in [-0.1, -0.05) is 38.7 Å². The predicted octanol–water partition coefficient (Wildman–Crippen LogP) is 3.88. The van der Waals surface area contributed by atoms with Crippen molar-refractivity contribution in [2.75, 3.05) is 6.61 Å². The molecule has 1 rings (SSSR count). The summed E-state index contributed by atoms with van der Waals surface area (Å²) < 4.78 is 5.23. The van der Waals surface area contributed by atoms with Crippen LogP contribution in [0.2, 0.25) is 0 Å². The number of carbonyl (C=O) groups excluding carboxylic acids is 1. The van der Waals surface area contributed by atoms with Gasteiger partial charge in [-0.2, -0.15) is 0 Å². The van der Waals surface area contributed by atoms with E-state index in [0.717, 1.165) is 25.7 Å². The molecule has 0 aromatic carbocycles. The van der Waals surface area contributed by atoms with Crippen LogP contribution in [-0.4, -0.2) is 12.6 Å². The lowest BCUT2D eigenvalue weighted by molar-refractivity contribution is -0.155. The van der Waals surface area contributed by atoms with Crippen LogP contribution >= 0.6 is 0 Å². The quantitative estimate of drug-likeness (QED) is 0.547. The number of esters is 1. The summed E-state index contributed by atoms with van der Waals surface area (Å²) in [5.74, 6) is -0.0754. The first-order valence-electron chi connectivity index (χ1n) is 6.43. The van der Waals surface area contributed by atoms with E-state index in [9.17, 15) is 4.79 Å². The lowest BCUT2D eigenvalue weighted by Crippen LogP contribution is -2.37. The smallest absolute Gasteiger partial charge is 0.315 e. The Labute approximate surface area is 105 Å². The summed E-state index contributed by atoms with van der Waals surface area (Å²) in [6.07, 6.45) is 9.45. The number of hydrogen-bond acceptors (Lipinski definition) is 2. The van der Waals surface area contributed by atoms with Crippen molar-refractivity contribution in [3.05, 3.63) is 24.8 Å². The van der Waals surface area contributed by atoms with Crippen molar-refractivity contribution in [1.82, 2.24) is 0 Å².